The molecule has 0 fully saturated rings. The molecule has 3 aromatic rings. The van der Waals surface area contributed by atoms with Crippen molar-refractivity contribution in [2.75, 3.05) is 14.1 Å². The van der Waals surface area contributed by atoms with Crippen molar-refractivity contribution < 1.29 is 19.2 Å². The third-order valence-corrected chi connectivity index (χ3v) is 3.25. The Kier molecular flexibility index (Phi) is 6.00. The van der Waals surface area contributed by atoms with Crippen molar-refractivity contribution in [3.05, 3.63) is 60.3 Å². The molecular weight excluding hydrogens is 322 g/mol. The van der Waals surface area contributed by atoms with Crippen LogP contribution in [0.4, 0.5) is 0 Å². The normalized spacial score (nSPS) is 9.68. The van der Waals surface area contributed by atoms with Crippen molar-refractivity contribution in [2.45, 2.75) is 0 Å². The van der Waals surface area contributed by atoms with Crippen molar-refractivity contribution in [1.29, 1.82) is 0 Å². The highest BCUT2D eigenvalue weighted by molar-refractivity contribution is 5.93. The quantitative estimate of drug-likeness (QED) is 0.737. The molecule has 0 aliphatic heterocycles. The van der Waals surface area contributed by atoms with Gasteiger partial charge in [0, 0.05) is 31.9 Å². The average molecular weight is 339 g/mol. The van der Waals surface area contributed by atoms with E-state index >= 15 is 0 Å². The molecule has 1 amide bonds. The zero-order valence-corrected chi connectivity index (χ0v) is 13.8. The molecule has 0 spiro atoms. The van der Waals surface area contributed by atoms with Gasteiger partial charge >= 0.3 is 0 Å². The summed E-state index contributed by atoms with van der Waals surface area (Å²) in [7, 11) is 3.41. The van der Waals surface area contributed by atoms with Gasteiger partial charge in [0.25, 0.3) is 12.4 Å². The van der Waals surface area contributed by atoms with Crippen LogP contribution in [0.2, 0.25) is 0 Å². The van der Waals surface area contributed by atoms with Gasteiger partial charge in [0.1, 0.15) is 11.4 Å². The van der Waals surface area contributed by atoms with Crippen molar-refractivity contribution >= 4 is 12.4 Å². The van der Waals surface area contributed by atoms with E-state index in [-0.39, 0.29) is 12.4 Å². The fourth-order valence-corrected chi connectivity index (χ4v) is 2.07. The Morgan fingerprint density at radius 1 is 1.12 bits per heavy atom. The second-order valence-electron chi connectivity index (χ2n) is 5.18. The Morgan fingerprint density at radius 2 is 1.80 bits per heavy atom. The number of nitrogens with zero attached hydrogens (tertiary/aromatic N) is 3. The third kappa shape index (κ3) is 4.51. The third-order valence-electron chi connectivity index (χ3n) is 3.25. The van der Waals surface area contributed by atoms with Gasteiger partial charge in [0.05, 0.1) is 5.56 Å². The van der Waals surface area contributed by atoms with Crippen LogP contribution < -0.4 is 0 Å². The summed E-state index contributed by atoms with van der Waals surface area (Å²) in [6.07, 6.45) is 1.54. The molecular formula is C18H17N3O4. The summed E-state index contributed by atoms with van der Waals surface area (Å²) in [4.78, 5) is 26.0. The van der Waals surface area contributed by atoms with Gasteiger partial charge in [-0.1, -0.05) is 35.5 Å². The summed E-state index contributed by atoms with van der Waals surface area (Å²) in [5.41, 5.74) is 2.92. The van der Waals surface area contributed by atoms with E-state index in [4.69, 9.17) is 14.4 Å². The van der Waals surface area contributed by atoms with E-state index < -0.39 is 0 Å². The van der Waals surface area contributed by atoms with Crippen LogP contribution in [0.15, 0.2) is 59.3 Å². The van der Waals surface area contributed by atoms with E-state index in [2.05, 4.69) is 10.1 Å². The first-order valence-electron chi connectivity index (χ1n) is 7.35. The molecule has 0 aliphatic carbocycles. The zero-order valence-electron chi connectivity index (χ0n) is 13.8. The molecule has 0 unspecified atom stereocenters. The van der Waals surface area contributed by atoms with E-state index in [0.717, 1.165) is 11.3 Å². The van der Waals surface area contributed by atoms with Crippen LogP contribution in [0, 0.1) is 0 Å². The molecule has 0 atom stereocenters. The number of aromatic nitrogens is 2. The molecule has 0 radical (unpaired) electrons. The van der Waals surface area contributed by atoms with Crippen molar-refractivity contribution in [3.8, 4) is 22.7 Å². The summed E-state index contributed by atoms with van der Waals surface area (Å²) in [6, 6.07) is 15.1. The molecule has 2 aromatic heterocycles. The zero-order chi connectivity index (χ0) is 18.2. The summed E-state index contributed by atoms with van der Waals surface area (Å²) >= 11 is 0. The maximum Gasteiger partial charge on any atom is 0.290 e. The van der Waals surface area contributed by atoms with E-state index in [1.807, 2.05) is 36.4 Å². The fourth-order valence-electron chi connectivity index (χ4n) is 2.07. The molecule has 7 heteroatoms. The Balaban J connectivity index is 0.000000701. The monoisotopic (exact) mass is 339 g/mol. The predicted octanol–water partition coefficient (Wildman–Crippen LogP) is 2.81. The first kappa shape index (κ1) is 17.9. The van der Waals surface area contributed by atoms with Crippen molar-refractivity contribution in [1.82, 2.24) is 15.0 Å². The van der Waals surface area contributed by atoms with Crippen molar-refractivity contribution in [2.24, 2.45) is 0 Å². The molecule has 1 aromatic carbocycles. The van der Waals surface area contributed by atoms with Crippen LogP contribution in [0.5, 0.6) is 0 Å². The summed E-state index contributed by atoms with van der Waals surface area (Å²) in [6.45, 7) is -0.250. The number of pyridine rings is 1. The average Bonchev–Trinajstić information content (AvgIpc) is 3.13. The molecule has 128 valence electrons. The van der Waals surface area contributed by atoms with Gasteiger partial charge in [-0.2, -0.15) is 0 Å². The van der Waals surface area contributed by atoms with Crippen LogP contribution >= 0.6 is 0 Å². The minimum Gasteiger partial charge on any atom is -0.483 e. The second kappa shape index (κ2) is 8.39. The number of hydrogen-bond donors (Lipinski definition) is 1. The summed E-state index contributed by atoms with van der Waals surface area (Å²) in [5, 5.41) is 10.9. The predicted molar refractivity (Wildman–Crippen MR) is 91.9 cm³/mol. The highest BCUT2D eigenvalue weighted by atomic mass is 16.5. The van der Waals surface area contributed by atoms with Crippen LogP contribution in [0.25, 0.3) is 22.7 Å². The van der Waals surface area contributed by atoms with E-state index in [1.54, 1.807) is 32.4 Å². The number of carboxylic acid groups (broad SMARTS) is 1. The number of rotatable bonds is 3. The fraction of sp³-hybridized carbons (Fsp3) is 0.111. The lowest BCUT2D eigenvalue weighted by atomic mass is 10.1. The number of benzene rings is 1. The lowest BCUT2D eigenvalue weighted by Gasteiger charge is -2.09. The SMILES string of the molecule is CN(C)C(=O)c1ccc(-c2cc(-c3ccccc3)no2)nc1.O=CO. The molecule has 2 heterocycles. The Bertz CT molecular complexity index is 827. The number of hydrogen-bond acceptors (Lipinski definition) is 5. The molecule has 0 saturated heterocycles. The number of amides is 1. The smallest absolute Gasteiger partial charge is 0.290 e. The number of carbonyl (C=O) groups excluding carboxylic acids is 1. The van der Waals surface area contributed by atoms with Gasteiger partial charge in [0.15, 0.2) is 5.76 Å². The Labute approximate surface area is 144 Å². The molecule has 0 bridgehead atoms. The molecule has 1 N–H and O–H groups in total. The van der Waals surface area contributed by atoms with Gasteiger partial charge < -0.3 is 14.5 Å². The lowest BCUT2D eigenvalue weighted by molar-refractivity contribution is -0.122. The van der Waals surface area contributed by atoms with Crippen LogP contribution in [-0.4, -0.2) is 46.6 Å². The van der Waals surface area contributed by atoms with E-state index in [0.29, 0.717) is 17.0 Å². The molecule has 0 saturated carbocycles. The molecule has 25 heavy (non-hydrogen) atoms. The van der Waals surface area contributed by atoms with Crippen LogP contribution in [0.3, 0.4) is 0 Å². The maximum absolute atomic E-state index is 11.8. The first-order chi connectivity index (χ1) is 12.1. The standard InChI is InChI=1S/C17H15N3O2.CH2O2/c1-20(2)17(21)13-8-9-14(18-11-13)16-10-15(19-22-16)12-6-4-3-5-7-12;2-1-3/h3-11H,1-2H3;1H,(H,2,3). The molecule has 0 aliphatic rings. The lowest BCUT2D eigenvalue weighted by Crippen LogP contribution is -2.21. The van der Waals surface area contributed by atoms with Crippen LogP contribution in [0.1, 0.15) is 10.4 Å². The van der Waals surface area contributed by atoms with Gasteiger partial charge in [-0.05, 0) is 12.1 Å². The van der Waals surface area contributed by atoms with Crippen LogP contribution in [-0.2, 0) is 4.79 Å². The highest BCUT2D eigenvalue weighted by Gasteiger charge is 2.12. The van der Waals surface area contributed by atoms with E-state index in [1.165, 1.54) is 4.90 Å². The number of carbonyl (C=O) groups is 2. The Morgan fingerprint density at radius 3 is 2.36 bits per heavy atom. The van der Waals surface area contributed by atoms with Gasteiger partial charge in [-0.3, -0.25) is 14.6 Å². The van der Waals surface area contributed by atoms with Gasteiger partial charge in [0.2, 0.25) is 0 Å². The topological polar surface area (TPSA) is 96.5 Å². The second-order valence-corrected chi connectivity index (χ2v) is 5.18. The molecule has 3 rings (SSSR count). The first-order valence-corrected chi connectivity index (χ1v) is 7.35. The molecule has 7 nitrogen and oxygen atoms in total. The summed E-state index contributed by atoms with van der Waals surface area (Å²) < 4.78 is 5.35. The van der Waals surface area contributed by atoms with E-state index in [9.17, 15) is 4.79 Å². The summed E-state index contributed by atoms with van der Waals surface area (Å²) in [5.74, 6) is 0.490. The largest absolute Gasteiger partial charge is 0.483 e. The maximum atomic E-state index is 11.8. The Hall–Kier alpha value is -3.48. The van der Waals surface area contributed by atoms with Crippen molar-refractivity contribution in [3.63, 3.8) is 0 Å². The highest BCUT2D eigenvalue weighted by Crippen LogP contribution is 2.24. The van der Waals surface area contributed by atoms with Gasteiger partial charge in [-0.25, -0.2) is 0 Å². The van der Waals surface area contributed by atoms with Gasteiger partial charge in [-0.15, -0.1) is 0 Å². The minimum atomic E-state index is -0.250. The minimum absolute atomic E-state index is 0.0819.